The van der Waals surface area contributed by atoms with Crippen LogP contribution < -0.4 is 5.73 Å². The fraction of sp³-hybridized carbons (Fsp3) is 0.923. The van der Waals surface area contributed by atoms with Gasteiger partial charge in [0, 0.05) is 19.0 Å². The highest BCUT2D eigenvalue weighted by Gasteiger charge is 2.39. The Labute approximate surface area is 104 Å². The van der Waals surface area contributed by atoms with Crippen LogP contribution in [0.2, 0.25) is 0 Å². The summed E-state index contributed by atoms with van der Waals surface area (Å²) in [6.45, 7) is 4.06. The number of hydrogen-bond donors (Lipinski definition) is 2. The lowest BCUT2D eigenvalue weighted by molar-refractivity contribution is 0.210. The van der Waals surface area contributed by atoms with Gasteiger partial charge in [0.25, 0.3) is 0 Å². The van der Waals surface area contributed by atoms with E-state index in [1.54, 1.807) is 0 Å². The first-order valence-corrected chi connectivity index (χ1v) is 6.76. The molecule has 0 aromatic carbocycles. The average Bonchev–Trinajstić information content (AvgIpc) is 2.89. The Kier molecular flexibility index (Phi) is 3.92. The Hall–Kier alpha value is -0.770. The Bertz CT molecular complexity index is 292. The van der Waals surface area contributed by atoms with Crippen LogP contribution in [-0.4, -0.2) is 36.1 Å². The van der Waals surface area contributed by atoms with E-state index in [4.69, 9.17) is 10.9 Å². The molecule has 2 fully saturated rings. The normalized spacial score (nSPS) is 34.5. The zero-order valence-electron chi connectivity index (χ0n) is 11.0. The molecule has 3 N–H and O–H groups in total. The van der Waals surface area contributed by atoms with E-state index in [0.717, 1.165) is 24.3 Å². The summed E-state index contributed by atoms with van der Waals surface area (Å²) in [5.74, 6) is 3.34. The second-order valence-corrected chi connectivity index (χ2v) is 6.08. The van der Waals surface area contributed by atoms with Crippen LogP contribution in [-0.2, 0) is 0 Å². The van der Waals surface area contributed by atoms with Crippen molar-refractivity contribution in [2.45, 2.75) is 32.6 Å². The van der Waals surface area contributed by atoms with Gasteiger partial charge in [-0.3, -0.25) is 0 Å². The molecule has 2 aliphatic rings. The molecule has 4 heteroatoms. The second kappa shape index (κ2) is 5.25. The molecular weight excluding hydrogens is 214 g/mol. The van der Waals surface area contributed by atoms with Gasteiger partial charge in [-0.1, -0.05) is 18.5 Å². The van der Waals surface area contributed by atoms with Gasteiger partial charge in [-0.05, 0) is 44.1 Å². The molecule has 2 rings (SSSR count). The molecule has 0 amide bonds. The summed E-state index contributed by atoms with van der Waals surface area (Å²) in [5.41, 5.74) is 5.61. The van der Waals surface area contributed by atoms with Crippen LogP contribution in [0.1, 0.15) is 32.6 Å². The predicted molar refractivity (Wildman–Crippen MR) is 69.0 cm³/mol. The van der Waals surface area contributed by atoms with Crippen LogP contribution in [0.3, 0.4) is 0 Å². The van der Waals surface area contributed by atoms with Gasteiger partial charge in [0.1, 0.15) is 5.84 Å². The Morgan fingerprint density at radius 2 is 2.24 bits per heavy atom. The molecule has 0 saturated heterocycles. The van der Waals surface area contributed by atoms with Gasteiger partial charge in [-0.25, -0.2) is 0 Å². The van der Waals surface area contributed by atoms with Crippen molar-refractivity contribution < 1.29 is 5.21 Å². The fourth-order valence-corrected chi connectivity index (χ4v) is 3.73. The molecular formula is C13H25N3O. The number of rotatable bonds is 5. The molecule has 2 aliphatic carbocycles. The minimum Gasteiger partial charge on any atom is -0.409 e. The van der Waals surface area contributed by atoms with E-state index in [0.29, 0.717) is 5.84 Å². The number of oxime groups is 1. The zero-order chi connectivity index (χ0) is 12.4. The number of nitrogens with two attached hydrogens (primary N) is 1. The number of hydrogen-bond acceptors (Lipinski definition) is 3. The molecule has 0 spiro atoms. The van der Waals surface area contributed by atoms with Gasteiger partial charge >= 0.3 is 0 Å². The first-order chi connectivity index (χ1) is 8.10. The first-order valence-electron chi connectivity index (χ1n) is 6.76. The van der Waals surface area contributed by atoms with Crippen LogP contribution in [0.5, 0.6) is 0 Å². The maximum absolute atomic E-state index is 8.63. The van der Waals surface area contributed by atoms with Crippen molar-refractivity contribution in [2.24, 2.45) is 34.6 Å². The molecule has 4 unspecified atom stereocenters. The van der Waals surface area contributed by atoms with E-state index in [1.807, 2.05) is 6.92 Å². The summed E-state index contributed by atoms with van der Waals surface area (Å²) in [7, 11) is 2.15. The largest absolute Gasteiger partial charge is 0.409 e. The SMILES string of the molecule is CC(CN(C)CC1CC2CCC1C2)C(N)=NO. The third-order valence-electron chi connectivity index (χ3n) is 4.64. The van der Waals surface area contributed by atoms with Crippen molar-refractivity contribution in [1.29, 1.82) is 0 Å². The van der Waals surface area contributed by atoms with Crippen LogP contribution in [0.15, 0.2) is 5.16 Å². The fourth-order valence-electron chi connectivity index (χ4n) is 3.73. The van der Waals surface area contributed by atoms with E-state index in [9.17, 15) is 0 Å². The van der Waals surface area contributed by atoms with Gasteiger partial charge in [0.2, 0.25) is 0 Å². The monoisotopic (exact) mass is 239 g/mol. The van der Waals surface area contributed by atoms with Crippen LogP contribution in [0.4, 0.5) is 0 Å². The smallest absolute Gasteiger partial charge is 0.143 e. The van der Waals surface area contributed by atoms with Crippen molar-refractivity contribution in [3.05, 3.63) is 0 Å². The number of fused-ring (bicyclic) bond motifs is 2. The average molecular weight is 239 g/mol. The van der Waals surface area contributed by atoms with E-state index in [1.165, 1.54) is 32.2 Å². The van der Waals surface area contributed by atoms with Gasteiger partial charge < -0.3 is 15.8 Å². The molecule has 0 radical (unpaired) electrons. The highest BCUT2D eigenvalue weighted by molar-refractivity contribution is 5.82. The lowest BCUT2D eigenvalue weighted by Crippen LogP contribution is -2.36. The molecule has 98 valence electrons. The van der Waals surface area contributed by atoms with Crippen molar-refractivity contribution in [3.8, 4) is 0 Å². The topological polar surface area (TPSA) is 61.8 Å². The maximum atomic E-state index is 8.63. The molecule has 0 aromatic heterocycles. The van der Waals surface area contributed by atoms with Gasteiger partial charge in [-0.15, -0.1) is 0 Å². The molecule has 4 nitrogen and oxygen atoms in total. The molecule has 2 bridgehead atoms. The summed E-state index contributed by atoms with van der Waals surface area (Å²) in [4.78, 5) is 2.34. The highest BCUT2D eigenvalue weighted by Crippen LogP contribution is 2.48. The number of amidine groups is 1. The van der Waals surface area contributed by atoms with Crippen molar-refractivity contribution in [2.75, 3.05) is 20.1 Å². The number of nitrogens with zero attached hydrogens (tertiary/aromatic N) is 2. The van der Waals surface area contributed by atoms with Gasteiger partial charge in [0.05, 0.1) is 0 Å². The Morgan fingerprint density at radius 1 is 1.47 bits per heavy atom. The van der Waals surface area contributed by atoms with Gasteiger partial charge in [-0.2, -0.15) is 0 Å². The molecule has 2 saturated carbocycles. The molecule has 4 atom stereocenters. The third kappa shape index (κ3) is 2.92. The standard InChI is InChI=1S/C13H25N3O/c1-9(13(14)15-17)7-16(2)8-12-6-10-3-4-11(12)5-10/h9-12,17H,3-8H2,1-2H3,(H2,14,15). The quantitative estimate of drug-likeness (QED) is 0.332. The van der Waals surface area contributed by atoms with Crippen LogP contribution >= 0.6 is 0 Å². The van der Waals surface area contributed by atoms with Gasteiger partial charge in [0.15, 0.2) is 0 Å². The molecule has 0 aliphatic heterocycles. The minimum absolute atomic E-state index is 0.128. The molecule has 0 heterocycles. The predicted octanol–water partition coefficient (Wildman–Crippen LogP) is 1.74. The molecule has 17 heavy (non-hydrogen) atoms. The summed E-state index contributed by atoms with van der Waals surface area (Å²) >= 11 is 0. The summed E-state index contributed by atoms with van der Waals surface area (Å²) < 4.78 is 0. The zero-order valence-corrected chi connectivity index (χ0v) is 11.0. The lowest BCUT2D eigenvalue weighted by atomic mass is 9.88. The third-order valence-corrected chi connectivity index (χ3v) is 4.64. The maximum Gasteiger partial charge on any atom is 0.143 e. The Balaban J connectivity index is 1.76. The molecule has 0 aromatic rings. The van der Waals surface area contributed by atoms with E-state index < -0.39 is 0 Å². The highest BCUT2D eigenvalue weighted by atomic mass is 16.4. The van der Waals surface area contributed by atoms with E-state index >= 15 is 0 Å². The summed E-state index contributed by atoms with van der Waals surface area (Å²) in [6.07, 6.45) is 5.80. The van der Waals surface area contributed by atoms with Crippen LogP contribution in [0, 0.1) is 23.7 Å². The lowest BCUT2D eigenvalue weighted by Gasteiger charge is -2.28. The van der Waals surface area contributed by atoms with Crippen molar-refractivity contribution in [1.82, 2.24) is 4.90 Å². The van der Waals surface area contributed by atoms with E-state index in [2.05, 4.69) is 17.1 Å². The Morgan fingerprint density at radius 3 is 2.76 bits per heavy atom. The van der Waals surface area contributed by atoms with Crippen molar-refractivity contribution >= 4 is 5.84 Å². The van der Waals surface area contributed by atoms with Crippen LogP contribution in [0.25, 0.3) is 0 Å². The first kappa shape index (κ1) is 12.7. The summed E-state index contributed by atoms with van der Waals surface area (Å²) in [6, 6.07) is 0. The van der Waals surface area contributed by atoms with E-state index in [-0.39, 0.29) is 5.92 Å². The summed E-state index contributed by atoms with van der Waals surface area (Å²) in [5, 5.41) is 11.7. The minimum atomic E-state index is 0.128. The second-order valence-electron chi connectivity index (χ2n) is 6.08. The van der Waals surface area contributed by atoms with Crippen molar-refractivity contribution in [3.63, 3.8) is 0 Å².